The summed E-state index contributed by atoms with van der Waals surface area (Å²) in [5.41, 5.74) is -2.18. The second-order valence-corrected chi connectivity index (χ2v) is 2.90. The molecule has 0 amide bonds. The predicted octanol–water partition coefficient (Wildman–Crippen LogP) is 2.43. The molecule has 1 N–H and O–H groups in total. The molecule has 3 nitrogen and oxygen atoms in total. The van der Waals surface area contributed by atoms with Crippen LogP contribution in [0.15, 0.2) is 18.3 Å². The topological polar surface area (TPSA) is 41.6 Å². The summed E-state index contributed by atoms with van der Waals surface area (Å²) in [5.74, 6) is -0.856. The summed E-state index contributed by atoms with van der Waals surface area (Å²) in [6, 6.07) is 2.30. The molecule has 0 atom stereocenters. The summed E-state index contributed by atoms with van der Waals surface area (Å²) < 4.78 is 50.6. The first-order chi connectivity index (χ1) is 7.50. The molecule has 0 aliphatic carbocycles. The zero-order chi connectivity index (χ0) is 11.8. The molecule has 0 aliphatic heterocycles. The lowest BCUT2D eigenvalue weighted by molar-refractivity contribution is -0.140. The summed E-state index contributed by atoms with van der Waals surface area (Å²) in [7, 11) is 0. The number of nitrogens with one attached hydrogen (secondary N) is 1. The van der Waals surface area contributed by atoms with Crippen LogP contribution < -0.4 is 0 Å². The highest BCUT2D eigenvalue weighted by Crippen LogP contribution is 2.34. The van der Waals surface area contributed by atoms with Gasteiger partial charge in [0.2, 0.25) is 0 Å². The van der Waals surface area contributed by atoms with E-state index in [0.29, 0.717) is 0 Å². The van der Waals surface area contributed by atoms with Gasteiger partial charge in [0.25, 0.3) is 0 Å². The van der Waals surface area contributed by atoms with E-state index in [2.05, 4.69) is 16.3 Å². The van der Waals surface area contributed by atoms with Crippen LogP contribution in [0.5, 0.6) is 0 Å². The van der Waals surface area contributed by atoms with Gasteiger partial charge in [0.05, 0.1) is 11.8 Å². The third-order valence-corrected chi connectivity index (χ3v) is 1.85. The maximum atomic E-state index is 13.2. The number of halogens is 4. The number of nitrogens with zero attached hydrogens (tertiary/aromatic N) is 2. The minimum absolute atomic E-state index is 0.427. The molecule has 0 saturated heterocycles. The molecule has 2 heterocycles. The van der Waals surface area contributed by atoms with Crippen LogP contribution >= 0.6 is 0 Å². The summed E-state index contributed by atoms with van der Waals surface area (Å²) in [5, 5.41) is 4.92. The third-order valence-electron chi connectivity index (χ3n) is 1.85. The van der Waals surface area contributed by atoms with Gasteiger partial charge in [0.15, 0.2) is 5.69 Å². The molecule has 0 fully saturated rings. The van der Waals surface area contributed by atoms with Gasteiger partial charge in [-0.05, 0) is 12.1 Å². The van der Waals surface area contributed by atoms with Crippen LogP contribution in [0, 0.1) is 12.0 Å². The molecule has 2 rings (SSSR count). The van der Waals surface area contributed by atoms with Crippen LogP contribution in [0.1, 0.15) is 5.69 Å². The smallest absolute Gasteiger partial charge is 0.275 e. The maximum Gasteiger partial charge on any atom is 0.435 e. The highest BCUT2D eigenvalue weighted by molar-refractivity contribution is 5.61. The molecular weight excluding hydrogens is 226 g/mol. The van der Waals surface area contributed by atoms with Gasteiger partial charge in [-0.1, -0.05) is 0 Å². The summed E-state index contributed by atoms with van der Waals surface area (Å²) >= 11 is 0. The Morgan fingerprint density at radius 3 is 2.69 bits per heavy atom. The molecule has 0 aliphatic rings. The largest absolute Gasteiger partial charge is 0.435 e. The minimum atomic E-state index is -4.67. The Kier molecular flexibility index (Phi) is 2.37. The molecule has 0 spiro atoms. The number of hydrogen-bond acceptors (Lipinski definition) is 2. The highest BCUT2D eigenvalue weighted by atomic mass is 19.4. The van der Waals surface area contributed by atoms with E-state index < -0.39 is 28.9 Å². The standard InChI is InChI=1S/C9H4F4N3/c10-6-2-1-3-14-7(6)5-4-15-16-8(5)9(11,12)13/h1-3H,(H,15,16). The molecule has 1 radical (unpaired) electrons. The van der Waals surface area contributed by atoms with E-state index in [4.69, 9.17) is 0 Å². The van der Waals surface area contributed by atoms with Gasteiger partial charge in [-0.15, -0.1) is 0 Å². The van der Waals surface area contributed by atoms with E-state index in [1.807, 2.05) is 5.10 Å². The van der Waals surface area contributed by atoms with Gasteiger partial charge >= 0.3 is 6.18 Å². The van der Waals surface area contributed by atoms with Crippen molar-refractivity contribution >= 4 is 0 Å². The lowest BCUT2D eigenvalue weighted by Crippen LogP contribution is -2.08. The van der Waals surface area contributed by atoms with Crippen LogP contribution in [0.25, 0.3) is 11.3 Å². The van der Waals surface area contributed by atoms with E-state index in [9.17, 15) is 17.6 Å². The van der Waals surface area contributed by atoms with E-state index in [-0.39, 0.29) is 0 Å². The van der Waals surface area contributed by atoms with Crippen molar-refractivity contribution < 1.29 is 17.6 Å². The fourth-order valence-corrected chi connectivity index (χ4v) is 1.20. The molecule has 2 aromatic heterocycles. The third kappa shape index (κ3) is 1.75. The molecule has 0 saturated carbocycles. The quantitative estimate of drug-likeness (QED) is 0.764. The normalized spacial score (nSPS) is 11.8. The van der Waals surface area contributed by atoms with Gasteiger partial charge in [-0.3, -0.25) is 10.1 Å². The van der Waals surface area contributed by atoms with Crippen molar-refractivity contribution in [2.45, 2.75) is 6.18 Å². The SMILES string of the molecule is Fc1cccnc1-c1[c][nH]nc1C(F)(F)F. The minimum Gasteiger partial charge on any atom is -0.275 e. The first-order valence-corrected chi connectivity index (χ1v) is 4.14. The Balaban J connectivity index is 2.58. The van der Waals surface area contributed by atoms with Gasteiger partial charge < -0.3 is 0 Å². The van der Waals surface area contributed by atoms with Crippen molar-refractivity contribution in [1.82, 2.24) is 15.2 Å². The van der Waals surface area contributed by atoms with Crippen molar-refractivity contribution in [2.75, 3.05) is 0 Å². The molecule has 7 heteroatoms. The maximum absolute atomic E-state index is 13.2. The molecule has 2 aromatic rings. The zero-order valence-electron chi connectivity index (χ0n) is 7.64. The number of pyridine rings is 1. The molecule has 0 unspecified atom stereocenters. The lowest BCUT2D eigenvalue weighted by Gasteiger charge is -2.05. The number of aromatic nitrogens is 3. The first kappa shape index (κ1) is 10.6. The van der Waals surface area contributed by atoms with Crippen molar-refractivity contribution in [3.8, 4) is 11.3 Å². The van der Waals surface area contributed by atoms with Crippen LogP contribution in [-0.4, -0.2) is 15.2 Å². The summed E-state index contributed by atoms with van der Waals surface area (Å²) in [4.78, 5) is 3.53. The lowest BCUT2D eigenvalue weighted by atomic mass is 10.1. The van der Waals surface area contributed by atoms with E-state index in [1.165, 1.54) is 12.3 Å². The van der Waals surface area contributed by atoms with Crippen molar-refractivity contribution in [3.63, 3.8) is 0 Å². The van der Waals surface area contributed by atoms with Gasteiger partial charge in [-0.25, -0.2) is 4.39 Å². The Hall–Kier alpha value is -1.92. The van der Waals surface area contributed by atoms with Crippen molar-refractivity contribution in [1.29, 1.82) is 0 Å². The number of rotatable bonds is 1. The van der Waals surface area contributed by atoms with E-state index in [0.717, 1.165) is 6.07 Å². The van der Waals surface area contributed by atoms with Gasteiger partial charge in [0.1, 0.15) is 11.5 Å². The summed E-state index contributed by atoms with van der Waals surface area (Å²) in [6.07, 6.45) is -1.37. The number of aromatic amines is 1. The fourth-order valence-electron chi connectivity index (χ4n) is 1.20. The predicted molar refractivity (Wildman–Crippen MR) is 45.6 cm³/mol. The molecule has 0 bridgehead atoms. The summed E-state index contributed by atoms with van der Waals surface area (Å²) in [6.45, 7) is 0. The zero-order valence-corrected chi connectivity index (χ0v) is 7.64. The van der Waals surface area contributed by atoms with Gasteiger partial charge in [0, 0.05) is 6.20 Å². The van der Waals surface area contributed by atoms with E-state index >= 15 is 0 Å². The molecule has 83 valence electrons. The fraction of sp³-hybridized carbons (Fsp3) is 0.111. The molecule has 16 heavy (non-hydrogen) atoms. The first-order valence-electron chi connectivity index (χ1n) is 4.14. The van der Waals surface area contributed by atoms with Crippen molar-refractivity contribution in [3.05, 3.63) is 36.0 Å². The average molecular weight is 230 g/mol. The number of H-pyrrole nitrogens is 1. The van der Waals surface area contributed by atoms with Crippen LogP contribution in [0.4, 0.5) is 17.6 Å². The van der Waals surface area contributed by atoms with Crippen LogP contribution in [0.2, 0.25) is 0 Å². The Morgan fingerprint density at radius 2 is 2.06 bits per heavy atom. The van der Waals surface area contributed by atoms with Crippen molar-refractivity contribution in [2.24, 2.45) is 0 Å². The molecule has 0 aromatic carbocycles. The monoisotopic (exact) mass is 230 g/mol. The number of hydrogen-bond donors (Lipinski definition) is 1. The van der Waals surface area contributed by atoms with Gasteiger partial charge in [-0.2, -0.15) is 18.3 Å². The Morgan fingerprint density at radius 1 is 1.31 bits per heavy atom. The second-order valence-electron chi connectivity index (χ2n) is 2.90. The Bertz CT molecular complexity index is 503. The average Bonchev–Trinajstić information content (AvgIpc) is 2.66. The van der Waals surface area contributed by atoms with Crippen LogP contribution in [0.3, 0.4) is 0 Å². The second kappa shape index (κ2) is 3.58. The highest BCUT2D eigenvalue weighted by Gasteiger charge is 2.37. The Labute approximate surface area is 87.1 Å². The molecular formula is C9H4F4N3. The van der Waals surface area contributed by atoms with E-state index in [1.54, 1.807) is 0 Å². The number of alkyl halides is 3. The van der Waals surface area contributed by atoms with Crippen LogP contribution in [-0.2, 0) is 6.18 Å².